The topological polar surface area (TPSA) is 107 Å². The van der Waals surface area contributed by atoms with Gasteiger partial charge in [0.1, 0.15) is 11.5 Å². The first-order valence-electron chi connectivity index (χ1n) is 7.78. The second-order valence-electron chi connectivity index (χ2n) is 6.07. The molecule has 1 unspecified atom stereocenters. The lowest BCUT2D eigenvalue weighted by molar-refractivity contribution is -0.384. The van der Waals surface area contributed by atoms with Gasteiger partial charge in [0.2, 0.25) is 9.84 Å². The molecule has 1 aliphatic heterocycles. The zero-order valence-electron chi connectivity index (χ0n) is 13.7. The molecule has 0 fully saturated rings. The van der Waals surface area contributed by atoms with E-state index < -0.39 is 31.1 Å². The van der Waals surface area contributed by atoms with Crippen molar-refractivity contribution < 1.29 is 22.1 Å². The molecule has 0 amide bonds. The number of aryl methyl sites for hydroxylation is 2. The smallest absolute Gasteiger partial charge is 0.341 e. The van der Waals surface area contributed by atoms with Gasteiger partial charge in [-0.2, -0.15) is 8.78 Å². The van der Waals surface area contributed by atoms with Gasteiger partial charge in [-0.15, -0.1) is 0 Å². The number of nitro benzene ring substituents is 1. The van der Waals surface area contributed by atoms with Crippen molar-refractivity contribution in [2.75, 3.05) is 5.32 Å². The van der Waals surface area contributed by atoms with Gasteiger partial charge in [0.05, 0.1) is 15.5 Å². The maximum Gasteiger partial charge on any atom is 0.341 e. The lowest BCUT2D eigenvalue weighted by atomic mass is 10.1. The zero-order valence-corrected chi connectivity index (χ0v) is 14.5. The predicted octanol–water partition coefficient (Wildman–Crippen LogP) is 2.52. The molecular weight excluding hydrogens is 370 g/mol. The first-order valence-corrected chi connectivity index (χ1v) is 9.33. The van der Waals surface area contributed by atoms with Gasteiger partial charge in [-0.25, -0.2) is 13.4 Å². The van der Waals surface area contributed by atoms with E-state index in [9.17, 15) is 27.3 Å². The number of benzene rings is 1. The van der Waals surface area contributed by atoms with E-state index in [1.807, 2.05) is 17.7 Å². The minimum absolute atomic E-state index is 0.0912. The number of halogens is 2. The first-order chi connectivity index (χ1) is 12.2. The summed E-state index contributed by atoms with van der Waals surface area (Å²) >= 11 is 0. The van der Waals surface area contributed by atoms with Crippen LogP contribution in [0.15, 0.2) is 29.3 Å². The monoisotopic (exact) mass is 386 g/mol. The lowest BCUT2D eigenvalue weighted by Crippen LogP contribution is -2.31. The summed E-state index contributed by atoms with van der Waals surface area (Å²) in [4.78, 5) is 14.1. The van der Waals surface area contributed by atoms with E-state index in [-0.39, 0.29) is 11.7 Å². The number of anilines is 1. The third-order valence-electron chi connectivity index (χ3n) is 4.20. The van der Waals surface area contributed by atoms with Crippen molar-refractivity contribution in [2.24, 2.45) is 0 Å². The number of nitro groups is 1. The van der Waals surface area contributed by atoms with Crippen LogP contribution < -0.4 is 5.32 Å². The number of hydrogen-bond donors (Lipinski definition) is 1. The van der Waals surface area contributed by atoms with Gasteiger partial charge < -0.3 is 9.88 Å². The Morgan fingerprint density at radius 1 is 1.42 bits per heavy atom. The molecular formula is C15H16F2N4O4S. The van der Waals surface area contributed by atoms with Gasteiger partial charge in [0.25, 0.3) is 5.69 Å². The molecule has 26 heavy (non-hydrogen) atoms. The summed E-state index contributed by atoms with van der Waals surface area (Å²) < 4.78 is 50.4. The van der Waals surface area contributed by atoms with E-state index in [4.69, 9.17) is 0 Å². The highest BCUT2D eigenvalue weighted by Gasteiger charge is 2.30. The van der Waals surface area contributed by atoms with Crippen LogP contribution in [0.5, 0.6) is 0 Å². The molecule has 0 bridgehead atoms. The fraction of sp³-hybridized carbons (Fsp3) is 0.400. The van der Waals surface area contributed by atoms with Crippen LogP contribution >= 0.6 is 0 Å². The molecule has 2 heterocycles. The number of aromatic nitrogens is 2. The molecule has 1 aromatic heterocycles. The fourth-order valence-corrected chi connectivity index (χ4v) is 3.73. The quantitative estimate of drug-likeness (QED) is 0.625. The Kier molecular flexibility index (Phi) is 4.65. The molecule has 8 nitrogen and oxygen atoms in total. The van der Waals surface area contributed by atoms with Gasteiger partial charge in [-0.3, -0.25) is 10.1 Å². The van der Waals surface area contributed by atoms with E-state index in [0.29, 0.717) is 25.5 Å². The largest absolute Gasteiger partial charge is 0.375 e. The molecule has 1 aliphatic rings. The Hall–Kier alpha value is -2.56. The number of nitrogens with one attached hydrogen (secondary N) is 1. The molecule has 0 saturated carbocycles. The highest BCUT2D eigenvalue weighted by atomic mass is 32.2. The number of sulfone groups is 1. The Labute approximate surface area is 147 Å². The summed E-state index contributed by atoms with van der Waals surface area (Å²) in [5.74, 6) is -2.70. The molecule has 11 heteroatoms. The molecule has 1 aromatic carbocycles. The van der Waals surface area contributed by atoms with Gasteiger partial charge >= 0.3 is 5.76 Å². The third-order valence-corrected chi connectivity index (χ3v) is 5.58. The Morgan fingerprint density at radius 3 is 2.81 bits per heavy atom. The van der Waals surface area contributed by atoms with Crippen molar-refractivity contribution in [3.8, 4) is 0 Å². The van der Waals surface area contributed by atoms with Crippen molar-refractivity contribution in [2.45, 2.75) is 43.0 Å². The normalized spacial score (nSPS) is 17.2. The van der Waals surface area contributed by atoms with Gasteiger partial charge in [0, 0.05) is 31.3 Å². The molecule has 3 rings (SSSR count). The van der Waals surface area contributed by atoms with E-state index in [1.54, 1.807) is 0 Å². The molecule has 1 atom stereocenters. The van der Waals surface area contributed by atoms with Crippen LogP contribution in [0.4, 0.5) is 20.2 Å². The third kappa shape index (κ3) is 3.39. The number of hydrogen-bond acceptors (Lipinski definition) is 6. The molecule has 1 N–H and O–H groups in total. The van der Waals surface area contributed by atoms with Crippen LogP contribution in [0, 0.1) is 17.0 Å². The SMILES string of the molecule is Cc1cn2c(n1)CCC(Nc1ccc(S(=O)(=O)C(F)F)cc1[N+](=O)[O-])C2. The van der Waals surface area contributed by atoms with Crippen molar-refractivity contribution >= 4 is 21.2 Å². The standard InChI is InChI=1S/C15H16F2N4O4S/c1-9-7-20-8-10(2-5-14(20)18-9)19-12-4-3-11(6-13(12)21(22)23)26(24,25)15(16)17/h3-4,6-7,10,15,19H,2,5,8H2,1H3. The van der Waals surface area contributed by atoms with Crippen LogP contribution in [0.2, 0.25) is 0 Å². The Bertz CT molecular complexity index is 959. The second kappa shape index (κ2) is 6.63. The summed E-state index contributed by atoms with van der Waals surface area (Å²) in [5.41, 5.74) is 0.418. The fourth-order valence-electron chi connectivity index (χ4n) is 2.99. The van der Waals surface area contributed by atoms with Crippen LogP contribution in [0.25, 0.3) is 0 Å². The van der Waals surface area contributed by atoms with E-state index in [0.717, 1.165) is 23.7 Å². The van der Waals surface area contributed by atoms with Gasteiger partial charge in [0.15, 0.2) is 0 Å². The van der Waals surface area contributed by atoms with Crippen molar-refractivity contribution in [1.29, 1.82) is 0 Å². The van der Waals surface area contributed by atoms with Crippen LogP contribution in [-0.4, -0.2) is 34.7 Å². The summed E-state index contributed by atoms with van der Waals surface area (Å²) in [6, 6.07) is 2.64. The number of alkyl halides is 2. The average molecular weight is 386 g/mol. The number of imidazole rings is 1. The molecule has 140 valence electrons. The summed E-state index contributed by atoms with van der Waals surface area (Å²) in [6.07, 6.45) is 3.26. The van der Waals surface area contributed by atoms with E-state index in [2.05, 4.69) is 10.3 Å². The van der Waals surface area contributed by atoms with E-state index in [1.165, 1.54) is 0 Å². The maximum atomic E-state index is 12.7. The average Bonchev–Trinajstić information content (AvgIpc) is 2.94. The summed E-state index contributed by atoms with van der Waals surface area (Å²) in [6.45, 7) is 2.42. The number of fused-ring (bicyclic) bond motifs is 1. The highest BCUT2D eigenvalue weighted by Crippen LogP contribution is 2.31. The second-order valence-corrected chi connectivity index (χ2v) is 7.99. The van der Waals surface area contributed by atoms with Gasteiger partial charge in [-0.05, 0) is 25.5 Å². The molecule has 0 aliphatic carbocycles. The minimum Gasteiger partial charge on any atom is -0.375 e. The van der Waals surface area contributed by atoms with Gasteiger partial charge in [-0.1, -0.05) is 0 Å². The van der Waals surface area contributed by atoms with Crippen molar-refractivity contribution in [3.05, 3.63) is 46.0 Å². The van der Waals surface area contributed by atoms with E-state index >= 15 is 0 Å². The molecule has 0 radical (unpaired) electrons. The summed E-state index contributed by atoms with van der Waals surface area (Å²) in [5, 5.41) is 14.3. The summed E-state index contributed by atoms with van der Waals surface area (Å²) in [7, 11) is -4.90. The van der Waals surface area contributed by atoms with Crippen molar-refractivity contribution in [1.82, 2.24) is 9.55 Å². The van der Waals surface area contributed by atoms with Crippen molar-refractivity contribution in [3.63, 3.8) is 0 Å². The van der Waals surface area contributed by atoms with Crippen LogP contribution in [0.1, 0.15) is 17.9 Å². The molecule has 0 spiro atoms. The number of nitrogens with zero attached hydrogens (tertiary/aromatic N) is 3. The number of rotatable bonds is 5. The first kappa shape index (κ1) is 18.2. The minimum atomic E-state index is -4.90. The molecule has 2 aromatic rings. The predicted molar refractivity (Wildman–Crippen MR) is 89.0 cm³/mol. The Balaban J connectivity index is 1.87. The zero-order chi connectivity index (χ0) is 19.1. The highest BCUT2D eigenvalue weighted by molar-refractivity contribution is 7.91. The van der Waals surface area contributed by atoms with Crippen LogP contribution in [0.3, 0.4) is 0 Å². The Morgan fingerprint density at radius 2 is 2.15 bits per heavy atom. The molecule has 0 saturated heterocycles. The lowest BCUT2D eigenvalue weighted by Gasteiger charge is -2.25. The maximum absolute atomic E-state index is 12.7. The van der Waals surface area contributed by atoms with Crippen LogP contribution in [-0.2, 0) is 22.8 Å².